The number of hydrogen-bond acceptors (Lipinski definition) is 2. The van der Waals surface area contributed by atoms with Crippen LogP contribution in [0.2, 0.25) is 0 Å². The summed E-state index contributed by atoms with van der Waals surface area (Å²) in [6.07, 6.45) is 3.27. The van der Waals surface area contributed by atoms with E-state index in [1.807, 2.05) is 0 Å². The van der Waals surface area contributed by atoms with Crippen LogP contribution in [0, 0.1) is 18.6 Å². The Hall–Kier alpha value is -2.04. The zero-order valence-electron chi connectivity index (χ0n) is 10.0. The Morgan fingerprint density at radius 3 is 2.61 bits per heavy atom. The molecule has 1 aromatic carbocycles. The largest absolute Gasteiger partial charge is 0.325 e. The van der Waals surface area contributed by atoms with Crippen molar-refractivity contribution in [3.8, 4) is 0 Å². The van der Waals surface area contributed by atoms with Crippen LogP contribution < -0.4 is 0 Å². The number of aromatic nitrogens is 2. The number of hydrogen-bond donors (Lipinski definition) is 0. The molecule has 1 aromatic heterocycles. The van der Waals surface area contributed by atoms with Crippen LogP contribution in [-0.4, -0.2) is 15.3 Å². The SMILES string of the molecule is Cc1nccn1C(C)C(=O)c1ccc(F)c(F)c1. The highest BCUT2D eigenvalue weighted by Gasteiger charge is 2.19. The van der Waals surface area contributed by atoms with Crippen molar-refractivity contribution in [3.05, 3.63) is 53.6 Å². The topological polar surface area (TPSA) is 34.9 Å². The van der Waals surface area contributed by atoms with Crippen LogP contribution in [0.3, 0.4) is 0 Å². The second-order valence-corrected chi connectivity index (χ2v) is 4.05. The summed E-state index contributed by atoms with van der Waals surface area (Å²) in [5.41, 5.74) is 0.148. The summed E-state index contributed by atoms with van der Waals surface area (Å²) >= 11 is 0. The minimum atomic E-state index is -1.02. The highest BCUT2D eigenvalue weighted by Crippen LogP contribution is 2.17. The number of rotatable bonds is 3. The third-order valence-electron chi connectivity index (χ3n) is 2.86. The van der Waals surface area contributed by atoms with Crippen LogP contribution in [-0.2, 0) is 0 Å². The van der Waals surface area contributed by atoms with E-state index in [0.29, 0.717) is 5.82 Å². The van der Waals surface area contributed by atoms with Gasteiger partial charge < -0.3 is 4.57 Å². The molecule has 0 fully saturated rings. The predicted octanol–water partition coefficient (Wildman–Crippen LogP) is 2.91. The fourth-order valence-corrected chi connectivity index (χ4v) is 1.81. The molecule has 1 heterocycles. The molecule has 0 bridgehead atoms. The van der Waals surface area contributed by atoms with E-state index < -0.39 is 17.7 Å². The molecule has 1 unspecified atom stereocenters. The fourth-order valence-electron chi connectivity index (χ4n) is 1.81. The number of benzene rings is 1. The monoisotopic (exact) mass is 250 g/mol. The van der Waals surface area contributed by atoms with Gasteiger partial charge in [0.05, 0.1) is 6.04 Å². The molecule has 5 heteroatoms. The van der Waals surface area contributed by atoms with Crippen LogP contribution in [0.5, 0.6) is 0 Å². The van der Waals surface area contributed by atoms with Crippen molar-refractivity contribution in [2.24, 2.45) is 0 Å². The van der Waals surface area contributed by atoms with Crippen molar-refractivity contribution in [1.82, 2.24) is 9.55 Å². The molecule has 0 N–H and O–H groups in total. The van der Waals surface area contributed by atoms with Gasteiger partial charge in [0.2, 0.25) is 0 Å². The van der Waals surface area contributed by atoms with Gasteiger partial charge in [-0.1, -0.05) is 0 Å². The minimum Gasteiger partial charge on any atom is -0.325 e. The average Bonchev–Trinajstić information content (AvgIpc) is 2.77. The third-order valence-corrected chi connectivity index (χ3v) is 2.86. The van der Waals surface area contributed by atoms with Gasteiger partial charge in [-0.2, -0.15) is 0 Å². The second kappa shape index (κ2) is 4.68. The molecule has 3 nitrogen and oxygen atoms in total. The highest BCUT2D eigenvalue weighted by atomic mass is 19.2. The number of imidazole rings is 1. The molecule has 0 spiro atoms. The minimum absolute atomic E-state index is 0.148. The summed E-state index contributed by atoms with van der Waals surface area (Å²) in [5, 5.41) is 0. The van der Waals surface area contributed by atoms with Crippen molar-refractivity contribution in [1.29, 1.82) is 0 Å². The maximum absolute atomic E-state index is 13.1. The smallest absolute Gasteiger partial charge is 0.185 e. The van der Waals surface area contributed by atoms with Gasteiger partial charge in [-0.15, -0.1) is 0 Å². The molecule has 0 radical (unpaired) electrons. The normalized spacial score (nSPS) is 12.4. The summed E-state index contributed by atoms with van der Waals surface area (Å²) in [6, 6.07) is 2.65. The summed E-state index contributed by atoms with van der Waals surface area (Å²) in [7, 11) is 0. The Morgan fingerprint density at radius 2 is 2.06 bits per heavy atom. The van der Waals surface area contributed by atoms with Crippen LogP contribution in [0.4, 0.5) is 8.78 Å². The summed E-state index contributed by atoms with van der Waals surface area (Å²) in [6.45, 7) is 3.47. The fraction of sp³-hybridized carbons (Fsp3) is 0.231. The zero-order chi connectivity index (χ0) is 13.3. The van der Waals surface area contributed by atoms with E-state index in [-0.39, 0.29) is 11.3 Å². The van der Waals surface area contributed by atoms with E-state index in [0.717, 1.165) is 12.1 Å². The lowest BCUT2D eigenvalue weighted by Gasteiger charge is -2.14. The van der Waals surface area contributed by atoms with Gasteiger partial charge >= 0.3 is 0 Å². The van der Waals surface area contributed by atoms with Crippen LogP contribution in [0.25, 0.3) is 0 Å². The lowest BCUT2D eigenvalue weighted by molar-refractivity contribution is 0.0933. The lowest BCUT2D eigenvalue weighted by Crippen LogP contribution is -2.17. The van der Waals surface area contributed by atoms with E-state index in [2.05, 4.69) is 4.98 Å². The van der Waals surface area contributed by atoms with Crippen molar-refractivity contribution in [2.45, 2.75) is 19.9 Å². The first-order valence-corrected chi connectivity index (χ1v) is 5.49. The van der Waals surface area contributed by atoms with E-state index in [1.165, 1.54) is 6.07 Å². The first-order valence-electron chi connectivity index (χ1n) is 5.49. The molecule has 0 saturated heterocycles. The van der Waals surface area contributed by atoms with Gasteiger partial charge in [0.25, 0.3) is 0 Å². The number of Topliss-reactive ketones (excluding diaryl/α,β-unsaturated/α-hetero) is 1. The summed E-state index contributed by atoms with van der Waals surface area (Å²) < 4.78 is 27.6. The number of carbonyl (C=O) groups excluding carboxylic acids is 1. The highest BCUT2D eigenvalue weighted by molar-refractivity contribution is 5.98. The molecule has 94 valence electrons. The Kier molecular flexibility index (Phi) is 3.23. The molecular formula is C13H12F2N2O. The van der Waals surface area contributed by atoms with Crippen LogP contribution in [0.1, 0.15) is 29.1 Å². The average molecular weight is 250 g/mol. The maximum Gasteiger partial charge on any atom is 0.185 e. The van der Waals surface area contributed by atoms with Gasteiger partial charge in [0.1, 0.15) is 5.82 Å². The van der Waals surface area contributed by atoms with Crippen molar-refractivity contribution >= 4 is 5.78 Å². The molecule has 1 atom stereocenters. The molecular weight excluding hydrogens is 238 g/mol. The number of carbonyl (C=O) groups is 1. The van der Waals surface area contributed by atoms with Gasteiger partial charge in [0.15, 0.2) is 17.4 Å². The number of ketones is 1. The van der Waals surface area contributed by atoms with E-state index in [9.17, 15) is 13.6 Å². The van der Waals surface area contributed by atoms with Crippen molar-refractivity contribution in [2.75, 3.05) is 0 Å². The lowest BCUT2D eigenvalue weighted by atomic mass is 10.0. The maximum atomic E-state index is 13.1. The first-order chi connectivity index (χ1) is 8.50. The van der Waals surface area contributed by atoms with E-state index in [4.69, 9.17) is 0 Å². The zero-order valence-corrected chi connectivity index (χ0v) is 10.0. The van der Waals surface area contributed by atoms with Gasteiger partial charge in [-0.05, 0) is 32.0 Å². The molecule has 0 saturated carbocycles. The Bertz CT molecular complexity index is 592. The number of nitrogens with zero attached hydrogens (tertiary/aromatic N) is 2. The Labute approximate surface area is 103 Å². The Balaban J connectivity index is 2.31. The Morgan fingerprint density at radius 1 is 1.33 bits per heavy atom. The van der Waals surface area contributed by atoms with Gasteiger partial charge in [-0.3, -0.25) is 4.79 Å². The second-order valence-electron chi connectivity index (χ2n) is 4.05. The molecule has 0 aliphatic heterocycles. The van der Waals surface area contributed by atoms with Crippen LogP contribution >= 0.6 is 0 Å². The molecule has 2 aromatic rings. The summed E-state index contributed by atoms with van der Waals surface area (Å²) in [5.74, 6) is -1.57. The molecule has 2 rings (SSSR count). The van der Waals surface area contributed by atoms with Gasteiger partial charge in [0, 0.05) is 18.0 Å². The van der Waals surface area contributed by atoms with Crippen LogP contribution in [0.15, 0.2) is 30.6 Å². The molecule has 0 aliphatic rings. The summed E-state index contributed by atoms with van der Waals surface area (Å²) in [4.78, 5) is 16.1. The van der Waals surface area contributed by atoms with Crippen molar-refractivity contribution in [3.63, 3.8) is 0 Å². The number of aryl methyl sites for hydroxylation is 1. The predicted molar refractivity (Wildman–Crippen MR) is 62.4 cm³/mol. The molecule has 0 aliphatic carbocycles. The first kappa shape index (κ1) is 12.4. The van der Waals surface area contributed by atoms with Crippen molar-refractivity contribution < 1.29 is 13.6 Å². The third kappa shape index (κ3) is 2.16. The van der Waals surface area contributed by atoms with E-state index >= 15 is 0 Å². The quantitative estimate of drug-likeness (QED) is 0.785. The number of halogens is 2. The molecule has 0 amide bonds. The molecule has 18 heavy (non-hydrogen) atoms. The standard InChI is InChI=1S/C13H12F2N2O/c1-8(17-6-5-16-9(17)2)13(18)10-3-4-11(14)12(15)7-10/h3-8H,1-2H3. The van der Waals surface area contributed by atoms with E-state index in [1.54, 1.807) is 30.8 Å². The van der Waals surface area contributed by atoms with Gasteiger partial charge in [-0.25, -0.2) is 13.8 Å².